The molecule has 0 fully saturated rings. The minimum atomic E-state index is -0.956. The molecule has 0 aliphatic rings. The number of fused-ring (bicyclic) bond motifs is 1. The first kappa shape index (κ1) is 34.2. The van der Waals surface area contributed by atoms with Crippen molar-refractivity contribution >= 4 is 28.6 Å². The van der Waals surface area contributed by atoms with E-state index in [0.717, 1.165) is 49.6 Å². The number of pyridine rings is 2. The molecule has 0 radical (unpaired) electrons. The van der Waals surface area contributed by atoms with E-state index in [1.165, 1.54) is 0 Å². The molecule has 0 bridgehead atoms. The predicted molar refractivity (Wildman–Crippen MR) is 178 cm³/mol. The van der Waals surface area contributed by atoms with Gasteiger partial charge in [-0.3, -0.25) is 9.78 Å². The number of hydrogen-bond acceptors (Lipinski definition) is 6. The van der Waals surface area contributed by atoms with Gasteiger partial charge in [0.25, 0.3) is 0 Å². The minimum absolute atomic E-state index is 0. The SMILES string of the molecule is COc1ccc(-c2ccc(Cn3c(CC(C)(C)C(=O)O)c(SC(C)(C)C)c4cc(OCc5ccccn5)ccc43)cc2)cn1.[H-].[Li+]. The van der Waals surface area contributed by atoms with Crippen molar-refractivity contribution in [3.05, 3.63) is 102 Å². The van der Waals surface area contributed by atoms with Crippen LogP contribution in [0.15, 0.2) is 90.1 Å². The van der Waals surface area contributed by atoms with Crippen LogP contribution in [0, 0.1) is 5.41 Å². The summed E-state index contributed by atoms with van der Waals surface area (Å²) in [4.78, 5) is 22.1. The van der Waals surface area contributed by atoms with E-state index in [4.69, 9.17) is 9.47 Å². The molecule has 0 saturated carbocycles. The van der Waals surface area contributed by atoms with Crippen LogP contribution >= 0.6 is 11.8 Å². The fourth-order valence-electron chi connectivity index (χ4n) is 5.01. The Morgan fingerprint density at radius 1 is 0.956 bits per heavy atom. The first-order valence-electron chi connectivity index (χ1n) is 14.6. The average molecular weight is 618 g/mol. The van der Waals surface area contributed by atoms with Crippen molar-refractivity contribution in [2.45, 2.75) is 63.8 Å². The largest absolute Gasteiger partial charge is 1.00 e. The van der Waals surface area contributed by atoms with Crippen molar-refractivity contribution < 1.29 is 39.7 Å². The molecule has 5 aromatic rings. The quantitative estimate of drug-likeness (QED) is 0.157. The van der Waals surface area contributed by atoms with E-state index in [1.807, 2.05) is 42.6 Å². The zero-order chi connectivity index (χ0) is 31.5. The first-order valence-corrected chi connectivity index (χ1v) is 15.4. The van der Waals surface area contributed by atoms with Crippen LogP contribution in [0.4, 0.5) is 0 Å². The molecule has 7 nitrogen and oxygen atoms in total. The van der Waals surface area contributed by atoms with Gasteiger partial charge >= 0.3 is 24.8 Å². The number of thioether (sulfide) groups is 1. The average Bonchev–Trinajstić information content (AvgIpc) is 3.26. The summed E-state index contributed by atoms with van der Waals surface area (Å²) in [7, 11) is 1.61. The normalized spacial score (nSPS) is 11.7. The fraction of sp³-hybridized carbons (Fsp3) is 0.306. The molecule has 0 saturated heterocycles. The molecule has 0 unspecified atom stereocenters. The Morgan fingerprint density at radius 2 is 1.69 bits per heavy atom. The van der Waals surface area contributed by atoms with Crippen molar-refractivity contribution in [2.75, 3.05) is 7.11 Å². The summed E-state index contributed by atoms with van der Waals surface area (Å²) < 4.78 is 13.6. The number of ether oxygens (including phenoxy) is 2. The molecule has 45 heavy (non-hydrogen) atoms. The summed E-state index contributed by atoms with van der Waals surface area (Å²) in [6.07, 6.45) is 3.95. The van der Waals surface area contributed by atoms with Gasteiger partial charge in [-0.05, 0) is 61.4 Å². The van der Waals surface area contributed by atoms with E-state index < -0.39 is 11.4 Å². The van der Waals surface area contributed by atoms with Crippen molar-refractivity contribution in [3.63, 3.8) is 0 Å². The standard InChI is InChI=1S/C36H39N3O4S.Li.H/c1-35(2,3)44-33-29-19-28(43-23-27-9-7-8-18-37-27)15-16-30(29)39(31(33)20-36(4,5)34(40)41)22-24-10-12-25(13-11-24)26-14-17-32(42-6)38-21-26;;/h7-19,21H,20,22-23H2,1-6H3,(H,40,41);;/q;+1;-1. The second-order valence-electron chi connectivity index (χ2n) is 12.5. The van der Waals surface area contributed by atoms with Crippen molar-refractivity contribution in [2.24, 2.45) is 5.41 Å². The molecule has 0 atom stereocenters. The van der Waals surface area contributed by atoms with Gasteiger partial charge in [0, 0.05) is 63.2 Å². The van der Waals surface area contributed by atoms with Crippen molar-refractivity contribution in [1.82, 2.24) is 14.5 Å². The molecular formula is C36H40LiN3O4S. The number of carbonyl (C=O) groups is 1. The molecule has 9 heteroatoms. The molecule has 3 aromatic heterocycles. The van der Waals surface area contributed by atoms with E-state index >= 15 is 0 Å². The third-order valence-corrected chi connectivity index (χ3v) is 8.65. The Hall–Kier alpha value is -3.70. The fourth-order valence-corrected chi connectivity index (χ4v) is 6.20. The molecule has 5 rings (SSSR count). The first-order chi connectivity index (χ1) is 20.9. The molecule has 0 spiro atoms. The maximum Gasteiger partial charge on any atom is 1.00 e. The number of benzene rings is 2. The molecule has 0 aliphatic heterocycles. The van der Waals surface area contributed by atoms with E-state index in [9.17, 15) is 9.90 Å². The molecule has 2 aromatic carbocycles. The predicted octanol–water partition coefficient (Wildman–Crippen LogP) is 5.39. The summed E-state index contributed by atoms with van der Waals surface area (Å²) in [6.45, 7) is 11.1. The summed E-state index contributed by atoms with van der Waals surface area (Å²) in [5.41, 5.74) is 5.14. The smallest absolute Gasteiger partial charge is 1.00 e. The van der Waals surface area contributed by atoms with E-state index in [2.05, 4.69) is 71.7 Å². The van der Waals surface area contributed by atoms with Crippen LogP contribution in [0.25, 0.3) is 22.0 Å². The second kappa shape index (κ2) is 14.2. The van der Waals surface area contributed by atoms with Gasteiger partial charge in [-0.15, -0.1) is 11.8 Å². The Balaban J connectivity index is 0.00000288. The van der Waals surface area contributed by atoms with Crippen LogP contribution in [-0.2, 0) is 24.4 Å². The van der Waals surface area contributed by atoms with Gasteiger partial charge in [-0.2, -0.15) is 0 Å². The molecule has 1 N–H and O–H groups in total. The Kier molecular flexibility index (Phi) is 10.8. The van der Waals surface area contributed by atoms with Crippen LogP contribution in [0.2, 0.25) is 0 Å². The minimum Gasteiger partial charge on any atom is -1.00 e. The Labute approximate surface area is 283 Å². The zero-order valence-corrected chi connectivity index (χ0v) is 27.9. The number of carboxylic acid groups (broad SMARTS) is 1. The van der Waals surface area contributed by atoms with Crippen LogP contribution in [0.1, 0.15) is 53.0 Å². The molecular weight excluding hydrogens is 577 g/mol. The van der Waals surface area contributed by atoms with Crippen molar-refractivity contribution in [1.29, 1.82) is 0 Å². The van der Waals surface area contributed by atoms with E-state index in [1.54, 1.807) is 38.9 Å². The number of carboxylic acids is 1. The summed E-state index contributed by atoms with van der Waals surface area (Å²) in [5.74, 6) is 0.506. The topological polar surface area (TPSA) is 86.5 Å². The Bertz CT molecular complexity index is 1750. The van der Waals surface area contributed by atoms with Gasteiger partial charge < -0.3 is 20.6 Å². The molecule has 0 aliphatic carbocycles. The number of methoxy groups -OCH3 is 1. The molecule has 230 valence electrons. The van der Waals surface area contributed by atoms with Gasteiger partial charge in [0.05, 0.1) is 18.2 Å². The van der Waals surface area contributed by atoms with Crippen LogP contribution in [0.3, 0.4) is 0 Å². The second-order valence-corrected chi connectivity index (χ2v) is 14.4. The number of rotatable bonds is 11. The number of aliphatic carboxylic acids is 1. The van der Waals surface area contributed by atoms with Gasteiger partial charge in [-0.1, -0.05) is 51.1 Å². The maximum atomic E-state index is 12.3. The summed E-state index contributed by atoms with van der Waals surface area (Å²) in [5, 5.41) is 11.2. The number of hydrogen-bond donors (Lipinski definition) is 1. The van der Waals surface area contributed by atoms with Gasteiger partial charge in [0.15, 0.2) is 0 Å². The summed E-state index contributed by atoms with van der Waals surface area (Å²) in [6, 6.07) is 24.2. The maximum absolute atomic E-state index is 12.3. The summed E-state index contributed by atoms with van der Waals surface area (Å²) >= 11 is 1.77. The van der Waals surface area contributed by atoms with Crippen LogP contribution in [0.5, 0.6) is 11.6 Å². The van der Waals surface area contributed by atoms with E-state index in [0.29, 0.717) is 25.5 Å². The third-order valence-electron chi connectivity index (χ3n) is 7.37. The van der Waals surface area contributed by atoms with Gasteiger partial charge in [-0.25, -0.2) is 4.98 Å². The number of aromatic nitrogens is 3. The Morgan fingerprint density at radius 3 is 2.29 bits per heavy atom. The number of nitrogens with zero attached hydrogens (tertiary/aromatic N) is 3. The van der Waals surface area contributed by atoms with Gasteiger partial charge in [0.1, 0.15) is 12.4 Å². The zero-order valence-electron chi connectivity index (χ0n) is 28.1. The monoisotopic (exact) mass is 617 g/mol. The third kappa shape index (κ3) is 8.32. The van der Waals surface area contributed by atoms with Crippen molar-refractivity contribution in [3.8, 4) is 22.8 Å². The van der Waals surface area contributed by atoms with Gasteiger partial charge in [0.2, 0.25) is 5.88 Å². The van der Waals surface area contributed by atoms with Crippen LogP contribution in [-0.4, -0.2) is 37.5 Å². The van der Waals surface area contributed by atoms with Crippen LogP contribution < -0.4 is 28.3 Å². The molecule has 3 heterocycles. The van der Waals surface area contributed by atoms with E-state index in [-0.39, 0.29) is 25.0 Å². The molecule has 0 amide bonds.